The topological polar surface area (TPSA) is 59.0 Å². The molecule has 0 bridgehead atoms. The molecule has 0 aliphatic carbocycles. The summed E-state index contributed by atoms with van der Waals surface area (Å²) in [6.45, 7) is 4.54. The number of halogens is 1. The fourth-order valence-corrected chi connectivity index (χ4v) is 3.36. The Hall–Kier alpha value is -2.60. The average molecular weight is 373 g/mol. The van der Waals surface area contributed by atoms with Crippen LogP contribution in [0.15, 0.2) is 36.4 Å². The number of likely N-dealkylation sites (tertiary alicyclic amines) is 1. The minimum absolute atomic E-state index is 0.0932. The van der Waals surface area contributed by atoms with Crippen molar-refractivity contribution >= 4 is 5.91 Å². The Kier molecular flexibility index (Phi) is 5.65. The molecule has 0 saturated carbocycles. The molecule has 1 saturated heterocycles. The third-order valence-electron chi connectivity index (χ3n) is 4.82. The van der Waals surface area contributed by atoms with Crippen molar-refractivity contribution in [1.82, 2.24) is 4.90 Å². The number of amides is 1. The maximum Gasteiger partial charge on any atom is 0.254 e. The molecule has 1 N–H and O–H groups in total. The Morgan fingerprint density at radius 2 is 1.96 bits per heavy atom. The highest BCUT2D eigenvalue weighted by atomic mass is 19.1. The summed E-state index contributed by atoms with van der Waals surface area (Å²) in [5.74, 6) is 0.131. The van der Waals surface area contributed by atoms with Gasteiger partial charge in [0.25, 0.3) is 5.91 Å². The SMILES string of the molecule is COc1cc(F)ccc1O[C@@H]1CCN(C(=O)c2ccc(C)cc2C)C[C@H]1O. The van der Waals surface area contributed by atoms with E-state index in [0.29, 0.717) is 24.3 Å². The Morgan fingerprint density at radius 1 is 1.19 bits per heavy atom. The molecule has 144 valence electrons. The maximum atomic E-state index is 13.3. The first kappa shape index (κ1) is 19.2. The summed E-state index contributed by atoms with van der Waals surface area (Å²) in [4.78, 5) is 14.4. The van der Waals surface area contributed by atoms with E-state index >= 15 is 0 Å². The first-order valence-corrected chi connectivity index (χ1v) is 8.94. The quantitative estimate of drug-likeness (QED) is 0.895. The molecule has 1 heterocycles. The van der Waals surface area contributed by atoms with E-state index in [1.54, 1.807) is 4.90 Å². The lowest BCUT2D eigenvalue weighted by molar-refractivity contribution is -0.0207. The molecule has 1 aliphatic rings. The minimum Gasteiger partial charge on any atom is -0.493 e. The van der Waals surface area contributed by atoms with Gasteiger partial charge in [0.1, 0.15) is 18.0 Å². The number of ether oxygens (including phenoxy) is 2. The number of aliphatic hydroxyl groups excluding tert-OH is 1. The highest BCUT2D eigenvalue weighted by Crippen LogP contribution is 2.30. The molecule has 3 rings (SSSR count). The summed E-state index contributed by atoms with van der Waals surface area (Å²) in [5.41, 5.74) is 2.67. The number of β-amino-alcohol motifs (C(OH)–C–C–N with tert-alkyl or cyclic N) is 1. The second-order valence-electron chi connectivity index (χ2n) is 6.88. The van der Waals surface area contributed by atoms with E-state index < -0.39 is 18.0 Å². The highest BCUT2D eigenvalue weighted by molar-refractivity contribution is 5.95. The Labute approximate surface area is 158 Å². The number of carbonyl (C=O) groups is 1. The van der Waals surface area contributed by atoms with Crippen LogP contribution in [-0.4, -0.2) is 48.3 Å². The highest BCUT2D eigenvalue weighted by Gasteiger charge is 2.33. The van der Waals surface area contributed by atoms with Crippen LogP contribution in [0.1, 0.15) is 27.9 Å². The van der Waals surface area contributed by atoms with E-state index in [-0.39, 0.29) is 18.2 Å². The van der Waals surface area contributed by atoms with Crippen molar-refractivity contribution in [3.05, 3.63) is 58.9 Å². The van der Waals surface area contributed by atoms with Gasteiger partial charge >= 0.3 is 0 Å². The van der Waals surface area contributed by atoms with Gasteiger partial charge in [0, 0.05) is 24.6 Å². The third-order valence-corrected chi connectivity index (χ3v) is 4.82. The predicted octanol–water partition coefficient (Wildman–Crippen LogP) is 3.11. The first-order valence-electron chi connectivity index (χ1n) is 8.94. The number of aryl methyl sites for hydroxylation is 2. The zero-order valence-electron chi connectivity index (χ0n) is 15.7. The summed E-state index contributed by atoms with van der Waals surface area (Å²) in [6.07, 6.45) is -0.867. The fraction of sp³-hybridized carbons (Fsp3) is 0.381. The molecular formula is C21H24FNO4. The second-order valence-corrected chi connectivity index (χ2v) is 6.88. The standard InChI is InChI=1S/C21H24FNO4/c1-13-4-6-16(14(2)10-13)21(25)23-9-8-18(17(24)12-23)27-19-7-5-15(22)11-20(19)26-3/h4-7,10-11,17-18,24H,8-9,12H2,1-3H3/t17-,18-/m1/s1. The normalized spacial score (nSPS) is 19.7. The average Bonchev–Trinajstić information content (AvgIpc) is 2.64. The smallest absolute Gasteiger partial charge is 0.254 e. The van der Waals surface area contributed by atoms with Gasteiger partial charge in [-0.3, -0.25) is 4.79 Å². The lowest BCUT2D eigenvalue weighted by Gasteiger charge is -2.36. The zero-order chi connectivity index (χ0) is 19.6. The van der Waals surface area contributed by atoms with E-state index in [1.165, 1.54) is 25.3 Å². The molecule has 1 aliphatic heterocycles. The van der Waals surface area contributed by atoms with Gasteiger partial charge in [-0.1, -0.05) is 17.7 Å². The second kappa shape index (κ2) is 7.96. The predicted molar refractivity (Wildman–Crippen MR) is 99.8 cm³/mol. The lowest BCUT2D eigenvalue weighted by Crippen LogP contribution is -2.51. The molecule has 6 heteroatoms. The molecule has 27 heavy (non-hydrogen) atoms. The van der Waals surface area contributed by atoms with Crippen molar-refractivity contribution in [1.29, 1.82) is 0 Å². The number of carbonyl (C=O) groups excluding carboxylic acids is 1. The van der Waals surface area contributed by atoms with Crippen LogP contribution in [0.2, 0.25) is 0 Å². The van der Waals surface area contributed by atoms with Gasteiger partial charge < -0.3 is 19.5 Å². The van der Waals surface area contributed by atoms with Gasteiger partial charge in [-0.25, -0.2) is 4.39 Å². The summed E-state index contributed by atoms with van der Waals surface area (Å²) < 4.78 is 24.3. The van der Waals surface area contributed by atoms with Gasteiger partial charge in [-0.05, 0) is 37.6 Å². The Morgan fingerprint density at radius 3 is 2.63 bits per heavy atom. The van der Waals surface area contributed by atoms with Crippen molar-refractivity contribution in [2.75, 3.05) is 20.2 Å². The number of aliphatic hydroxyl groups is 1. The van der Waals surface area contributed by atoms with Crippen LogP contribution in [0.4, 0.5) is 4.39 Å². The Bertz CT molecular complexity index is 839. The number of hydrogen-bond donors (Lipinski definition) is 1. The molecule has 1 fully saturated rings. The zero-order valence-corrected chi connectivity index (χ0v) is 15.7. The summed E-state index contributed by atoms with van der Waals surface area (Å²) in [6, 6.07) is 9.71. The van der Waals surface area contributed by atoms with Gasteiger partial charge in [0.15, 0.2) is 11.5 Å². The maximum absolute atomic E-state index is 13.3. The number of benzene rings is 2. The monoisotopic (exact) mass is 373 g/mol. The van der Waals surface area contributed by atoms with Crippen LogP contribution in [0, 0.1) is 19.7 Å². The van der Waals surface area contributed by atoms with Gasteiger partial charge in [0.2, 0.25) is 0 Å². The molecular weight excluding hydrogens is 349 g/mol. The van der Waals surface area contributed by atoms with E-state index in [9.17, 15) is 14.3 Å². The molecule has 0 spiro atoms. The van der Waals surface area contributed by atoms with E-state index in [2.05, 4.69) is 0 Å². The van der Waals surface area contributed by atoms with E-state index in [4.69, 9.17) is 9.47 Å². The van der Waals surface area contributed by atoms with E-state index in [1.807, 2.05) is 32.0 Å². The van der Waals surface area contributed by atoms with Crippen LogP contribution < -0.4 is 9.47 Å². The molecule has 2 aromatic rings. The first-order chi connectivity index (χ1) is 12.9. The number of rotatable bonds is 4. The van der Waals surface area contributed by atoms with Crippen LogP contribution in [-0.2, 0) is 0 Å². The van der Waals surface area contributed by atoms with Crippen LogP contribution in [0.25, 0.3) is 0 Å². The van der Waals surface area contributed by atoms with Crippen molar-refractivity contribution in [2.45, 2.75) is 32.5 Å². The molecule has 0 radical (unpaired) electrons. The van der Waals surface area contributed by atoms with Crippen LogP contribution >= 0.6 is 0 Å². The van der Waals surface area contributed by atoms with Crippen molar-refractivity contribution in [3.63, 3.8) is 0 Å². The fourth-order valence-electron chi connectivity index (χ4n) is 3.36. The summed E-state index contributed by atoms with van der Waals surface area (Å²) in [5, 5.41) is 10.5. The molecule has 0 unspecified atom stereocenters. The largest absolute Gasteiger partial charge is 0.493 e. The summed E-state index contributed by atoms with van der Waals surface area (Å²) >= 11 is 0. The molecule has 2 aromatic carbocycles. The van der Waals surface area contributed by atoms with Gasteiger partial charge in [-0.2, -0.15) is 0 Å². The van der Waals surface area contributed by atoms with Crippen LogP contribution in [0.3, 0.4) is 0 Å². The molecule has 0 aromatic heterocycles. The number of methoxy groups -OCH3 is 1. The van der Waals surface area contributed by atoms with Crippen LogP contribution in [0.5, 0.6) is 11.5 Å². The number of nitrogens with zero attached hydrogens (tertiary/aromatic N) is 1. The third kappa shape index (κ3) is 4.22. The number of piperidine rings is 1. The van der Waals surface area contributed by atoms with Gasteiger partial charge in [-0.15, -0.1) is 0 Å². The number of hydrogen-bond acceptors (Lipinski definition) is 4. The van der Waals surface area contributed by atoms with Crippen molar-refractivity contribution in [3.8, 4) is 11.5 Å². The van der Waals surface area contributed by atoms with Crippen molar-refractivity contribution < 1.29 is 23.8 Å². The van der Waals surface area contributed by atoms with Gasteiger partial charge in [0.05, 0.1) is 13.7 Å². The lowest BCUT2D eigenvalue weighted by atomic mass is 10.0. The Balaban J connectivity index is 1.68. The molecule has 1 amide bonds. The molecule has 2 atom stereocenters. The van der Waals surface area contributed by atoms with Crippen molar-refractivity contribution in [2.24, 2.45) is 0 Å². The summed E-state index contributed by atoms with van der Waals surface area (Å²) in [7, 11) is 1.43. The minimum atomic E-state index is -0.844. The molecule has 5 nitrogen and oxygen atoms in total. The van der Waals surface area contributed by atoms with E-state index in [0.717, 1.165) is 11.1 Å².